The Kier molecular flexibility index (Phi) is 4.15. The van der Waals surface area contributed by atoms with Crippen LogP contribution in [0, 0.1) is 0 Å². The predicted molar refractivity (Wildman–Crippen MR) is 72.4 cm³/mol. The number of carbonyl (C=O) groups excluding carboxylic acids is 1. The Hall–Kier alpha value is -0.910. The van der Waals surface area contributed by atoms with Crippen molar-refractivity contribution in [3.63, 3.8) is 0 Å². The van der Waals surface area contributed by atoms with Gasteiger partial charge in [-0.1, -0.05) is 11.6 Å². The van der Waals surface area contributed by atoms with Crippen LogP contribution in [0.3, 0.4) is 0 Å². The summed E-state index contributed by atoms with van der Waals surface area (Å²) < 4.78 is 0.709. The van der Waals surface area contributed by atoms with Gasteiger partial charge in [0.05, 0.1) is 22.8 Å². The van der Waals surface area contributed by atoms with Crippen LogP contribution in [0.4, 0.5) is 0 Å². The minimum absolute atomic E-state index is 0.143. The fourth-order valence-electron chi connectivity index (χ4n) is 1.24. The summed E-state index contributed by atoms with van der Waals surface area (Å²) in [6.07, 6.45) is 0. The van der Waals surface area contributed by atoms with Gasteiger partial charge in [0.25, 0.3) is 5.91 Å². The summed E-state index contributed by atoms with van der Waals surface area (Å²) in [7, 11) is 0. The zero-order chi connectivity index (χ0) is 12.3. The molecule has 88 valence electrons. The Bertz CT molecular complexity index is 530. The third-order valence-electron chi connectivity index (χ3n) is 2.10. The van der Waals surface area contributed by atoms with Gasteiger partial charge in [0, 0.05) is 15.4 Å². The van der Waals surface area contributed by atoms with Gasteiger partial charge in [-0.2, -0.15) is 0 Å². The Morgan fingerprint density at radius 3 is 3.00 bits per heavy atom. The van der Waals surface area contributed by atoms with E-state index in [2.05, 4.69) is 26.2 Å². The zero-order valence-corrected chi connectivity index (χ0v) is 11.8. The Morgan fingerprint density at radius 2 is 2.35 bits per heavy atom. The fraction of sp³-hybridized carbons (Fsp3) is 0.0909. The second kappa shape index (κ2) is 5.62. The minimum atomic E-state index is -0.143. The summed E-state index contributed by atoms with van der Waals surface area (Å²) in [5, 5.41) is 5.27. The summed E-state index contributed by atoms with van der Waals surface area (Å²) in [5.41, 5.74) is 3.16. The highest BCUT2D eigenvalue weighted by molar-refractivity contribution is 9.10. The number of hydrogen-bond acceptors (Lipinski definition) is 3. The topological polar surface area (TPSA) is 42.0 Å². The van der Waals surface area contributed by atoms with E-state index in [1.54, 1.807) is 23.7 Å². The number of nitrogens with one attached hydrogen (secondary N) is 1. The second-order valence-electron chi connectivity index (χ2n) is 3.29. The number of thiazole rings is 1. The van der Waals surface area contributed by atoms with Gasteiger partial charge < -0.3 is 5.32 Å². The van der Waals surface area contributed by atoms with Gasteiger partial charge in [0.2, 0.25) is 0 Å². The molecule has 0 bridgehead atoms. The van der Waals surface area contributed by atoms with Crippen LogP contribution in [0.2, 0.25) is 5.02 Å². The number of halogens is 2. The third kappa shape index (κ3) is 3.28. The average molecular weight is 332 g/mol. The number of rotatable bonds is 3. The molecule has 0 spiro atoms. The fourth-order valence-corrected chi connectivity index (χ4v) is 2.29. The quantitative estimate of drug-likeness (QED) is 0.935. The van der Waals surface area contributed by atoms with Crippen molar-refractivity contribution in [2.24, 2.45) is 0 Å². The molecule has 0 aliphatic carbocycles. The highest BCUT2D eigenvalue weighted by Gasteiger charge is 2.07. The lowest BCUT2D eigenvalue weighted by Crippen LogP contribution is -2.22. The molecule has 2 rings (SSSR count). The number of carbonyl (C=O) groups is 1. The first-order valence-electron chi connectivity index (χ1n) is 4.77. The average Bonchev–Trinajstić information content (AvgIpc) is 2.82. The highest BCUT2D eigenvalue weighted by atomic mass is 79.9. The molecule has 0 unspecified atom stereocenters. The largest absolute Gasteiger partial charge is 0.346 e. The number of amides is 1. The van der Waals surface area contributed by atoms with Crippen molar-refractivity contribution in [1.82, 2.24) is 10.3 Å². The van der Waals surface area contributed by atoms with Gasteiger partial charge in [-0.15, -0.1) is 11.3 Å². The highest BCUT2D eigenvalue weighted by Crippen LogP contribution is 2.23. The first kappa shape index (κ1) is 12.5. The van der Waals surface area contributed by atoms with Gasteiger partial charge in [-0.3, -0.25) is 4.79 Å². The molecule has 0 radical (unpaired) electrons. The predicted octanol–water partition coefficient (Wildman–Crippen LogP) is 3.49. The molecule has 1 heterocycles. The van der Waals surface area contributed by atoms with E-state index in [0.717, 1.165) is 5.69 Å². The SMILES string of the molecule is O=C(NCc1cscn1)c1ccc(Cl)c(Br)c1. The van der Waals surface area contributed by atoms with Crippen molar-refractivity contribution < 1.29 is 4.79 Å². The summed E-state index contributed by atoms with van der Waals surface area (Å²) in [5.74, 6) is -0.143. The first-order chi connectivity index (χ1) is 8.16. The van der Waals surface area contributed by atoms with Crippen molar-refractivity contribution in [3.05, 3.63) is 49.8 Å². The molecule has 0 saturated carbocycles. The first-order valence-corrected chi connectivity index (χ1v) is 6.88. The number of benzene rings is 1. The lowest BCUT2D eigenvalue weighted by molar-refractivity contribution is 0.0950. The van der Waals surface area contributed by atoms with E-state index in [4.69, 9.17) is 11.6 Å². The molecule has 1 amide bonds. The number of aromatic nitrogens is 1. The van der Waals surface area contributed by atoms with E-state index in [9.17, 15) is 4.79 Å². The molecule has 0 aliphatic rings. The summed E-state index contributed by atoms with van der Waals surface area (Å²) in [6.45, 7) is 0.433. The van der Waals surface area contributed by atoms with Crippen LogP contribution in [0.1, 0.15) is 16.1 Å². The van der Waals surface area contributed by atoms with Crippen LogP contribution in [-0.4, -0.2) is 10.9 Å². The van der Waals surface area contributed by atoms with Gasteiger partial charge in [-0.25, -0.2) is 4.98 Å². The van der Waals surface area contributed by atoms with Crippen LogP contribution in [0.15, 0.2) is 33.6 Å². The van der Waals surface area contributed by atoms with Crippen molar-refractivity contribution in [3.8, 4) is 0 Å². The van der Waals surface area contributed by atoms with Crippen molar-refractivity contribution in [2.45, 2.75) is 6.54 Å². The van der Waals surface area contributed by atoms with Crippen LogP contribution in [0.25, 0.3) is 0 Å². The van der Waals surface area contributed by atoms with Crippen LogP contribution in [0.5, 0.6) is 0 Å². The maximum absolute atomic E-state index is 11.8. The Labute approximate surface area is 116 Å². The maximum Gasteiger partial charge on any atom is 0.251 e. The van der Waals surface area contributed by atoms with Crippen molar-refractivity contribution >= 4 is 44.8 Å². The summed E-state index contributed by atoms with van der Waals surface area (Å²) in [4.78, 5) is 15.9. The van der Waals surface area contributed by atoms with Crippen molar-refractivity contribution in [1.29, 1.82) is 0 Å². The Balaban J connectivity index is 2.02. The Morgan fingerprint density at radius 1 is 1.53 bits per heavy atom. The molecule has 6 heteroatoms. The smallest absolute Gasteiger partial charge is 0.251 e. The molecule has 0 aliphatic heterocycles. The van der Waals surface area contributed by atoms with Crippen LogP contribution >= 0.6 is 38.9 Å². The standard InChI is InChI=1S/C11H8BrClN2OS/c12-9-3-7(1-2-10(9)13)11(16)14-4-8-5-17-6-15-8/h1-3,5-6H,4H2,(H,14,16). The molecular formula is C11H8BrClN2OS. The van der Waals surface area contributed by atoms with E-state index in [0.29, 0.717) is 21.6 Å². The molecule has 1 aromatic heterocycles. The molecule has 0 fully saturated rings. The normalized spacial score (nSPS) is 10.2. The molecule has 0 saturated heterocycles. The van der Waals surface area contributed by atoms with Crippen molar-refractivity contribution in [2.75, 3.05) is 0 Å². The van der Waals surface area contributed by atoms with E-state index >= 15 is 0 Å². The van der Waals surface area contributed by atoms with Gasteiger partial charge in [0.1, 0.15) is 0 Å². The summed E-state index contributed by atoms with van der Waals surface area (Å²) >= 11 is 10.6. The molecule has 2 aromatic rings. The van der Waals surface area contributed by atoms with Crippen LogP contribution in [-0.2, 0) is 6.54 Å². The number of hydrogen-bond donors (Lipinski definition) is 1. The second-order valence-corrected chi connectivity index (χ2v) is 5.27. The minimum Gasteiger partial charge on any atom is -0.346 e. The van der Waals surface area contributed by atoms with Gasteiger partial charge in [-0.05, 0) is 34.1 Å². The van der Waals surface area contributed by atoms with Crippen LogP contribution < -0.4 is 5.32 Å². The van der Waals surface area contributed by atoms with Gasteiger partial charge in [0.15, 0.2) is 0 Å². The van der Waals surface area contributed by atoms with E-state index in [-0.39, 0.29) is 5.91 Å². The monoisotopic (exact) mass is 330 g/mol. The lowest BCUT2D eigenvalue weighted by Gasteiger charge is -2.04. The molecule has 0 atom stereocenters. The number of nitrogens with zero attached hydrogens (tertiary/aromatic N) is 1. The maximum atomic E-state index is 11.8. The van der Waals surface area contributed by atoms with E-state index < -0.39 is 0 Å². The van der Waals surface area contributed by atoms with E-state index in [1.807, 2.05) is 5.38 Å². The third-order valence-corrected chi connectivity index (χ3v) is 3.94. The lowest BCUT2D eigenvalue weighted by atomic mass is 10.2. The van der Waals surface area contributed by atoms with Gasteiger partial charge >= 0.3 is 0 Å². The molecule has 1 aromatic carbocycles. The molecule has 17 heavy (non-hydrogen) atoms. The zero-order valence-electron chi connectivity index (χ0n) is 8.61. The molecule has 1 N–H and O–H groups in total. The molecular weight excluding hydrogens is 324 g/mol. The summed E-state index contributed by atoms with van der Waals surface area (Å²) in [6, 6.07) is 5.06. The van der Waals surface area contributed by atoms with E-state index in [1.165, 1.54) is 11.3 Å². The molecule has 3 nitrogen and oxygen atoms in total.